The van der Waals surface area contributed by atoms with Crippen molar-refractivity contribution in [2.24, 2.45) is 5.73 Å². The van der Waals surface area contributed by atoms with E-state index in [1.165, 1.54) is 140 Å². The minimum absolute atomic E-state index is 0.0605. The largest absolute Gasteiger partial charge is 0.462 e. The Balaban J connectivity index is 3.98. The van der Waals surface area contributed by atoms with E-state index >= 15 is 0 Å². The topological polar surface area (TPSA) is 95.7 Å². The van der Waals surface area contributed by atoms with Crippen LogP contribution in [0.5, 0.6) is 0 Å². The van der Waals surface area contributed by atoms with E-state index in [-0.39, 0.29) is 18.5 Å². The van der Waals surface area contributed by atoms with Crippen molar-refractivity contribution in [3.05, 3.63) is 0 Å². The average Bonchev–Trinajstić information content (AvgIpc) is 3.04. The van der Waals surface area contributed by atoms with E-state index < -0.39 is 12.1 Å². The summed E-state index contributed by atoms with van der Waals surface area (Å²) in [6, 6.07) is -0.546. The first-order valence-corrected chi connectivity index (χ1v) is 20.3. The quantitative estimate of drug-likeness (QED) is 0.0407. The van der Waals surface area contributed by atoms with E-state index in [1.54, 1.807) is 0 Å². The third kappa shape index (κ3) is 34.1. The lowest BCUT2D eigenvalue weighted by Crippen LogP contribution is -2.29. The number of carbonyl (C=O) groups is 3. The molecule has 0 aromatic heterocycles. The molecule has 6 nitrogen and oxygen atoms in total. The van der Waals surface area contributed by atoms with Gasteiger partial charge in [0.1, 0.15) is 19.0 Å². The molecule has 0 spiro atoms. The normalized spacial score (nSPS) is 12.6. The maximum atomic E-state index is 12.5. The fourth-order valence-electron chi connectivity index (χ4n) is 5.57. The number of nitrogens with two attached hydrogens (primary N) is 1. The number of esters is 2. The molecule has 0 aliphatic carbocycles. The minimum atomic E-state index is -0.546. The van der Waals surface area contributed by atoms with Crippen LogP contribution < -0.4 is 5.73 Å². The zero-order chi connectivity index (χ0) is 33.1. The summed E-state index contributed by atoms with van der Waals surface area (Å²) in [5.41, 5.74) is 5.70. The highest BCUT2D eigenvalue weighted by atomic mass is 32.2. The maximum absolute atomic E-state index is 12.5. The Kier molecular flexibility index (Phi) is 34.9. The molecule has 0 bridgehead atoms. The van der Waals surface area contributed by atoms with Gasteiger partial charge in [0.05, 0.1) is 6.04 Å². The number of rotatable bonds is 36. The van der Waals surface area contributed by atoms with Crippen molar-refractivity contribution >= 4 is 30.0 Å². The molecule has 0 aliphatic heterocycles. The van der Waals surface area contributed by atoms with E-state index in [0.29, 0.717) is 24.3 Å². The molecule has 0 amide bonds. The first-order chi connectivity index (χ1) is 22.0. The average molecular weight is 656 g/mol. The number of aldehydes is 1. The highest BCUT2D eigenvalue weighted by Crippen LogP contribution is 2.16. The van der Waals surface area contributed by atoms with Crippen molar-refractivity contribution in [1.82, 2.24) is 0 Å². The predicted molar refractivity (Wildman–Crippen MR) is 193 cm³/mol. The molecule has 0 fully saturated rings. The van der Waals surface area contributed by atoms with Gasteiger partial charge in [0.15, 0.2) is 0 Å². The lowest BCUT2D eigenvalue weighted by atomic mass is 10.0. The number of ether oxygens (including phenoxy) is 2. The molecule has 7 heteroatoms. The van der Waals surface area contributed by atoms with Gasteiger partial charge in [-0.1, -0.05) is 168 Å². The summed E-state index contributed by atoms with van der Waals surface area (Å²) in [6.45, 7) is 4.58. The lowest BCUT2D eigenvalue weighted by Gasteiger charge is -2.18. The molecule has 45 heavy (non-hydrogen) atoms. The van der Waals surface area contributed by atoms with Gasteiger partial charge >= 0.3 is 11.9 Å². The minimum Gasteiger partial charge on any atom is -0.462 e. The summed E-state index contributed by atoms with van der Waals surface area (Å²) in [5.74, 6) is 0.433. The van der Waals surface area contributed by atoms with Crippen molar-refractivity contribution < 1.29 is 23.9 Å². The monoisotopic (exact) mass is 656 g/mol. The summed E-state index contributed by atoms with van der Waals surface area (Å²) < 4.78 is 11.2. The Morgan fingerprint density at radius 1 is 0.556 bits per heavy atom. The molecule has 0 radical (unpaired) electrons. The van der Waals surface area contributed by atoms with Gasteiger partial charge < -0.3 is 20.0 Å². The van der Waals surface area contributed by atoms with Crippen molar-refractivity contribution in [3.63, 3.8) is 0 Å². The van der Waals surface area contributed by atoms with Crippen LogP contribution in [-0.4, -0.2) is 48.5 Å². The molecule has 0 aromatic rings. The fraction of sp³-hybridized carbons (Fsp3) is 0.921. The third-order valence-electron chi connectivity index (χ3n) is 8.49. The van der Waals surface area contributed by atoms with Crippen molar-refractivity contribution in [2.75, 3.05) is 18.1 Å². The lowest BCUT2D eigenvalue weighted by molar-refractivity contribution is -0.157. The molecule has 0 saturated carbocycles. The van der Waals surface area contributed by atoms with Gasteiger partial charge in [0.25, 0.3) is 0 Å². The van der Waals surface area contributed by atoms with E-state index in [1.807, 2.05) is 0 Å². The Morgan fingerprint density at radius 3 is 1.29 bits per heavy atom. The van der Waals surface area contributed by atoms with E-state index in [2.05, 4.69) is 13.8 Å². The molecule has 0 rings (SSSR count). The molecule has 0 heterocycles. The molecule has 0 saturated heterocycles. The molecule has 0 aromatic carbocycles. The van der Waals surface area contributed by atoms with Gasteiger partial charge in [-0.25, -0.2) is 0 Å². The van der Waals surface area contributed by atoms with Gasteiger partial charge in [-0.15, -0.1) is 0 Å². The van der Waals surface area contributed by atoms with Crippen LogP contribution in [0.2, 0.25) is 0 Å². The number of thioether (sulfide) groups is 1. The molecule has 266 valence electrons. The summed E-state index contributed by atoms with van der Waals surface area (Å²) >= 11 is 1.45. The van der Waals surface area contributed by atoms with Crippen LogP contribution in [-0.2, 0) is 23.9 Å². The highest BCUT2D eigenvalue weighted by Gasteiger charge is 2.18. The Bertz CT molecular complexity index is 662. The van der Waals surface area contributed by atoms with E-state index in [0.717, 1.165) is 44.8 Å². The smallest absolute Gasteiger partial charge is 0.306 e. The molecule has 2 N–H and O–H groups in total. The van der Waals surface area contributed by atoms with Gasteiger partial charge in [-0.2, -0.15) is 11.8 Å². The fourth-order valence-corrected chi connectivity index (χ4v) is 6.48. The highest BCUT2D eigenvalue weighted by molar-refractivity contribution is 7.99. The number of unbranched alkanes of at least 4 members (excludes halogenated alkanes) is 24. The number of hydrogen-bond acceptors (Lipinski definition) is 7. The second kappa shape index (κ2) is 35.8. The zero-order valence-corrected chi connectivity index (χ0v) is 30.5. The molecule has 0 aliphatic rings. The van der Waals surface area contributed by atoms with Gasteiger partial charge in [-0.05, 0) is 12.8 Å². The first kappa shape index (κ1) is 43.9. The van der Waals surface area contributed by atoms with Crippen LogP contribution in [0.4, 0.5) is 0 Å². The summed E-state index contributed by atoms with van der Waals surface area (Å²) in [5, 5.41) is 0. The van der Waals surface area contributed by atoms with Gasteiger partial charge in [-0.3, -0.25) is 9.59 Å². The Labute approximate surface area is 282 Å². The molecular formula is C38H73NO5S. The SMILES string of the molecule is CCCCCCCCCCCCCCCC(=O)OC[C@H](CSC[C@H](N)C=O)OC(=O)CCCCCCCCCCCCCCC. The van der Waals surface area contributed by atoms with E-state index in [4.69, 9.17) is 15.2 Å². The second-order valence-electron chi connectivity index (χ2n) is 13.1. The molecule has 0 unspecified atom stereocenters. The Morgan fingerprint density at radius 2 is 0.911 bits per heavy atom. The van der Waals surface area contributed by atoms with Crippen molar-refractivity contribution in [2.45, 2.75) is 206 Å². The third-order valence-corrected chi connectivity index (χ3v) is 9.71. The predicted octanol–water partition coefficient (Wildman–Crippen LogP) is 10.7. The summed E-state index contributed by atoms with van der Waals surface area (Å²) in [6.07, 6.45) is 33.9. The van der Waals surface area contributed by atoms with Crippen LogP contribution in [0.1, 0.15) is 194 Å². The van der Waals surface area contributed by atoms with Crippen LogP contribution >= 0.6 is 11.8 Å². The number of hydrogen-bond donors (Lipinski definition) is 1. The second-order valence-corrected chi connectivity index (χ2v) is 14.2. The summed E-state index contributed by atoms with van der Waals surface area (Å²) in [7, 11) is 0. The van der Waals surface area contributed by atoms with Gasteiger partial charge in [0.2, 0.25) is 0 Å². The van der Waals surface area contributed by atoms with Crippen LogP contribution in [0.3, 0.4) is 0 Å². The molecular weight excluding hydrogens is 582 g/mol. The van der Waals surface area contributed by atoms with Crippen LogP contribution in [0.15, 0.2) is 0 Å². The van der Waals surface area contributed by atoms with Crippen molar-refractivity contribution in [1.29, 1.82) is 0 Å². The van der Waals surface area contributed by atoms with E-state index in [9.17, 15) is 14.4 Å². The van der Waals surface area contributed by atoms with Gasteiger partial charge in [0, 0.05) is 24.3 Å². The number of carbonyl (C=O) groups excluding carboxylic acids is 3. The standard InChI is InChI=1S/C38H73NO5S/c1-3-5-7-9-11-13-15-17-19-21-23-25-27-29-37(41)43-32-36(34-45-33-35(39)31-40)44-38(42)30-28-26-24-22-20-18-16-14-12-10-8-6-4-2/h31,35-36H,3-30,32-34,39H2,1-2H3/t35-,36-/m1/s1. The van der Waals surface area contributed by atoms with Crippen molar-refractivity contribution in [3.8, 4) is 0 Å². The van der Waals surface area contributed by atoms with Crippen LogP contribution in [0, 0.1) is 0 Å². The molecule has 2 atom stereocenters. The summed E-state index contributed by atoms with van der Waals surface area (Å²) in [4.78, 5) is 35.7. The maximum Gasteiger partial charge on any atom is 0.306 e. The zero-order valence-electron chi connectivity index (χ0n) is 29.7. The van der Waals surface area contributed by atoms with Crippen LogP contribution in [0.25, 0.3) is 0 Å². The Hall–Kier alpha value is -1.08. The first-order valence-electron chi connectivity index (χ1n) is 19.2.